The van der Waals surface area contributed by atoms with Crippen molar-refractivity contribution in [2.45, 2.75) is 31.7 Å². The van der Waals surface area contributed by atoms with Gasteiger partial charge in [0.1, 0.15) is 11.2 Å². The summed E-state index contributed by atoms with van der Waals surface area (Å²) in [7, 11) is 2.12. The molecule has 7 nitrogen and oxygen atoms in total. The second kappa shape index (κ2) is 6.64. The predicted molar refractivity (Wildman–Crippen MR) is 104 cm³/mol. The first kappa shape index (κ1) is 16.7. The topological polar surface area (TPSA) is 70.1 Å². The normalized spacial score (nSPS) is 22.7. The van der Waals surface area contributed by atoms with Crippen LogP contribution in [0.3, 0.4) is 0 Å². The van der Waals surface area contributed by atoms with E-state index < -0.39 is 0 Å². The summed E-state index contributed by atoms with van der Waals surface area (Å²) in [6.07, 6.45) is 9.83. The van der Waals surface area contributed by atoms with E-state index in [1.165, 1.54) is 0 Å². The molecule has 27 heavy (non-hydrogen) atoms. The number of pyridine rings is 1. The lowest BCUT2D eigenvalue weighted by atomic mass is 9.95. The second-order valence-electron chi connectivity index (χ2n) is 8.04. The van der Waals surface area contributed by atoms with Crippen molar-refractivity contribution >= 4 is 28.0 Å². The van der Waals surface area contributed by atoms with Crippen molar-refractivity contribution in [1.29, 1.82) is 0 Å². The standard InChI is InChI=1S/C20H26N6O/c1-24-8-2-3-14(12-24)20(27)25-9-5-15(6-10-25)26-13-23-17-11-22-19-16(18(17)26)4-7-21-19/h4,7,11,13-15H,2-3,5-6,8-10,12H2,1H3,(H,21,22). The monoisotopic (exact) mass is 366 g/mol. The van der Waals surface area contributed by atoms with Crippen LogP contribution in [0.4, 0.5) is 0 Å². The van der Waals surface area contributed by atoms with Crippen LogP contribution in [0, 0.1) is 5.92 Å². The molecule has 5 rings (SSSR count). The van der Waals surface area contributed by atoms with E-state index in [1.807, 2.05) is 18.7 Å². The van der Waals surface area contributed by atoms with Gasteiger partial charge in [0, 0.05) is 37.3 Å². The Morgan fingerprint density at radius 1 is 1.19 bits per heavy atom. The van der Waals surface area contributed by atoms with Gasteiger partial charge in [-0.15, -0.1) is 0 Å². The largest absolute Gasteiger partial charge is 0.346 e. The van der Waals surface area contributed by atoms with Crippen LogP contribution in [0.15, 0.2) is 24.8 Å². The highest BCUT2D eigenvalue weighted by molar-refractivity contribution is 6.00. The number of piperidine rings is 2. The second-order valence-corrected chi connectivity index (χ2v) is 8.04. The Kier molecular flexibility index (Phi) is 4.11. The fraction of sp³-hybridized carbons (Fsp3) is 0.550. The van der Waals surface area contributed by atoms with Crippen LogP contribution in [0.2, 0.25) is 0 Å². The number of aromatic nitrogens is 4. The first-order chi connectivity index (χ1) is 13.2. The summed E-state index contributed by atoms with van der Waals surface area (Å²) in [4.78, 5) is 29.5. The van der Waals surface area contributed by atoms with E-state index in [9.17, 15) is 4.79 Å². The van der Waals surface area contributed by atoms with Gasteiger partial charge in [-0.25, -0.2) is 9.97 Å². The van der Waals surface area contributed by atoms with Crippen LogP contribution in [0.25, 0.3) is 22.1 Å². The van der Waals surface area contributed by atoms with E-state index in [-0.39, 0.29) is 5.92 Å². The highest BCUT2D eigenvalue weighted by Crippen LogP contribution is 2.31. The van der Waals surface area contributed by atoms with Crippen LogP contribution in [-0.2, 0) is 4.79 Å². The van der Waals surface area contributed by atoms with E-state index in [2.05, 4.69) is 42.4 Å². The zero-order valence-corrected chi connectivity index (χ0v) is 15.8. The molecule has 2 aliphatic heterocycles. The molecule has 1 amide bonds. The number of hydrogen-bond acceptors (Lipinski definition) is 4. The van der Waals surface area contributed by atoms with Gasteiger partial charge in [0.15, 0.2) is 0 Å². The third kappa shape index (κ3) is 2.90. The lowest BCUT2D eigenvalue weighted by Crippen LogP contribution is -2.46. The zero-order chi connectivity index (χ0) is 18.4. The molecule has 1 atom stereocenters. The third-order valence-electron chi connectivity index (χ3n) is 6.26. The Morgan fingerprint density at radius 2 is 2.04 bits per heavy atom. The molecule has 2 aliphatic rings. The van der Waals surface area contributed by atoms with E-state index in [1.54, 1.807) is 0 Å². The molecule has 2 saturated heterocycles. The highest BCUT2D eigenvalue weighted by atomic mass is 16.2. The highest BCUT2D eigenvalue weighted by Gasteiger charge is 2.31. The average molecular weight is 366 g/mol. The molecule has 0 aliphatic carbocycles. The van der Waals surface area contributed by atoms with Crippen molar-refractivity contribution in [3.05, 3.63) is 24.8 Å². The van der Waals surface area contributed by atoms with Gasteiger partial charge in [0.2, 0.25) is 5.91 Å². The SMILES string of the molecule is CN1CCCC(C(=O)N2CCC(n3cnc4cnc5[nH]ccc5c43)CC2)C1. The molecule has 0 saturated carbocycles. The minimum Gasteiger partial charge on any atom is -0.346 e. The fourth-order valence-corrected chi connectivity index (χ4v) is 4.80. The van der Waals surface area contributed by atoms with E-state index in [4.69, 9.17) is 0 Å². The minimum absolute atomic E-state index is 0.180. The first-order valence-corrected chi connectivity index (χ1v) is 9.96. The van der Waals surface area contributed by atoms with Crippen LogP contribution >= 0.6 is 0 Å². The molecule has 0 spiro atoms. The van der Waals surface area contributed by atoms with Crippen molar-refractivity contribution in [2.75, 3.05) is 33.2 Å². The summed E-state index contributed by atoms with van der Waals surface area (Å²) >= 11 is 0. The number of amides is 1. The van der Waals surface area contributed by atoms with Crippen LogP contribution in [0.1, 0.15) is 31.7 Å². The molecule has 1 unspecified atom stereocenters. The first-order valence-electron chi connectivity index (χ1n) is 9.96. The van der Waals surface area contributed by atoms with Gasteiger partial charge in [-0.3, -0.25) is 4.79 Å². The number of fused-ring (bicyclic) bond motifs is 3. The summed E-state index contributed by atoms with van der Waals surface area (Å²) in [5, 5.41) is 1.12. The number of H-pyrrole nitrogens is 1. The number of nitrogens with zero attached hydrogens (tertiary/aromatic N) is 5. The molecule has 0 bridgehead atoms. The molecule has 0 radical (unpaired) electrons. The fourth-order valence-electron chi connectivity index (χ4n) is 4.80. The summed E-state index contributed by atoms with van der Waals surface area (Å²) in [5.74, 6) is 0.535. The quantitative estimate of drug-likeness (QED) is 0.756. The smallest absolute Gasteiger partial charge is 0.226 e. The Morgan fingerprint density at radius 3 is 2.85 bits per heavy atom. The average Bonchev–Trinajstić information content (AvgIpc) is 3.33. The number of rotatable bonds is 2. The van der Waals surface area contributed by atoms with E-state index in [0.29, 0.717) is 11.9 Å². The Labute approximate surface area is 158 Å². The molecule has 2 fully saturated rings. The number of carbonyl (C=O) groups is 1. The lowest BCUT2D eigenvalue weighted by Gasteiger charge is -2.37. The van der Waals surface area contributed by atoms with E-state index >= 15 is 0 Å². The van der Waals surface area contributed by atoms with Gasteiger partial charge in [0.05, 0.1) is 24.0 Å². The summed E-state index contributed by atoms with van der Waals surface area (Å²) < 4.78 is 2.30. The molecule has 7 heteroatoms. The summed E-state index contributed by atoms with van der Waals surface area (Å²) in [6.45, 7) is 3.70. The van der Waals surface area contributed by atoms with Crippen LogP contribution < -0.4 is 0 Å². The van der Waals surface area contributed by atoms with Crippen molar-refractivity contribution < 1.29 is 4.79 Å². The number of hydrogen-bond donors (Lipinski definition) is 1. The Balaban J connectivity index is 1.33. The molecule has 0 aromatic carbocycles. The van der Waals surface area contributed by atoms with Gasteiger partial charge in [-0.05, 0) is 45.3 Å². The van der Waals surface area contributed by atoms with Crippen molar-refractivity contribution in [2.24, 2.45) is 5.92 Å². The number of imidazole rings is 1. The summed E-state index contributed by atoms with van der Waals surface area (Å²) in [5.41, 5.74) is 2.99. The number of nitrogens with one attached hydrogen (secondary N) is 1. The maximum Gasteiger partial charge on any atom is 0.226 e. The van der Waals surface area contributed by atoms with Crippen LogP contribution in [-0.4, -0.2) is 68.5 Å². The van der Waals surface area contributed by atoms with Crippen molar-refractivity contribution in [3.63, 3.8) is 0 Å². The molecular weight excluding hydrogens is 340 g/mol. The van der Waals surface area contributed by atoms with Gasteiger partial charge in [-0.2, -0.15) is 0 Å². The molecule has 142 valence electrons. The molecule has 3 aromatic rings. The maximum atomic E-state index is 12.9. The molecular formula is C20H26N6O. The Bertz CT molecular complexity index is 967. The molecule has 5 heterocycles. The van der Waals surface area contributed by atoms with Gasteiger partial charge in [0.25, 0.3) is 0 Å². The maximum absolute atomic E-state index is 12.9. The van der Waals surface area contributed by atoms with Crippen LogP contribution in [0.5, 0.6) is 0 Å². The lowest BCUT2D eigenvalue weighted by molar-refractivity contribution is -0.138. The predicted octanol–water partition coefficient (Wildman–Crippen LogP) is 2.42. The van der Waals surface area contributed by atoms with Gasteiger partial charge in [-0.1, -0.05) is 0 Å². The van der Waals surface area contributed by atoms with Crippen molar-refractivity contribution in [3.8, 4) is 0 Å². The van der Waals surface area contributed by atoms with E-state index in [0.717, 1.165) is 73.9 Å². The van der Waals surface area contributed by atoms with Gasteiger partial charge < -0.3 is 19.4 Å². The van der Waals surface area contributed by atoms with Crippen molar-refractivity contribution in [1.82, 2.24) is 29.3 Å². The van der Waals surface area contributed by atoms with Gasteiger partial charge >= 0.3 is 0 Å². The minimum atomic E-state index is 0.180. The number of carbonyl (C=O) groups excluding carboxylic acids is 1. The third-order valence-corrected chi connectivity index (χ3v) is 6.26. The molecule has 1 N–H and O–H groups in total. The Hall–Kier alpha value is -2.41. The number of likely N-dealkylation sites (tertiary alicyclic amines) is 2. The zero-order valence-electron chi connectivity index (χ0n) is 15.8. The number of aromatic amines is 1. The molecule has 3 aromatic heterocycles. The summed E-state index contributed by atoms with van der Waals surface area (Å²) in [6, 6.07) is 2.45.